The van der Waals surface area contributed by atoms with Crippen molar-refractivity contribution in [1.82, 2.24) is 0 Å². The molecule has 0 fully saturated rings. The average molecular weight is 417 g/mol. The zero-order valence-corrected chi connectivity index (χ0v) is 17.9. The van der Waals surface area contributed by atoms with Crippen molar-refractivity contribution in [3.8, 4) is 0 Å². The lowest BCUT2D eigenvalue weighted by Gasteiger charge is -2.15. The molecule has 0 amide bonds. The molecule has 0 spiro atoms. The number of hydrogen-bond donors (Lipinski definition) is 2. The average Bonchev–Trinajstić information content (AvgIpc) is 3.16. The first-order valence-corrected chi connectivity index (χ1v) is 10.7. The van der Waals surface area contributed by atoms with Crippen LogP contribution < -0.4 is 10.9 Å². The van der Waals surface area contributed by atoms with Crippen molar-refractivity contribution in [3.63, 3.8) is 0 Å². The highest BCUT2D eigenvalue weighted by Crippen LogP contribution is 2.36. The Labute approximate surface area is 188 Å². The summed E-state index contributed by atoms with van der Waals surface area (Å²) in [6.45, 7) is 2.10. The van der Waals surface area contributed by atoms with Gasteiger partial charge >= 0.3 is 0 Å². The largest absolute Gasteiger partial charge is 0.278 e. The molecule has 4 aromatic rings. The predicted molar refractivity (Wildman–Crippen MR) is 134 cm³/mol. The second-order valence-corrected chi connectivity index (χ2v) is 7.84. The third-order valence-electron chi connectivity index (χ3n) is 5.60. The Kier molecular flexibility index (Phi) is 5.50. The van der Waals surface area contributed by atoms with Crippen LogP contribution >= 0.6 is 0 Å². The highest BCUT2D eigenvalue weighted by molar-refractivity contribution is 6.33. The summed E-state index contributed by atoms with van der Waals surface area (Å²) in [7, 11) is 0. The maximum absolute atomic E-state index is 4.88. The molecule has 0 saturated heterocycles. The van der Waals surface area contributed by atoms with Gasteiger partial charge in [-0.1, -0.05) is 90.5 Å². The summed E-state index contributed by atoms with van der Waals surface area (Å²) in [6.07, 6.45) is 0. The molecule has 32 heavy (non-hydrogen) atoms. The van der Waals surface area contributed by atoms with Crippen molar-refractivity contribution in [3.05, 3.63) is 131 Å². The molecule has 4 heteroatoms. The molecule has 0 atom stereocenters. The molecule has 4 nitrogen and oxygen atoms in total. The Balaban J connectivity index is 1.61. The molecule has 5 rings (SSSR count). The molecule has 1 aliphatic carbocycles. The molecule has 1 aliphatic rings. The summed E-state index contributed by atoms with van der Waals surface area (Å²) in [5, 5.41) is 9.76. The van der Waals surface area contributed by atoms with Crippen LogP contribution in [0.15, 0.2) is 119 Å². The smallest absolute Gasteiger partial charge is 0.0821 e. The molecule has 0 heterocycles. The molecule has 0 bridgehead atoms. The van der Waals surface area contributed by atoms with E-state index in [1.807, 2.05) is 60.7 Å². The molecule has 0 saturated carbocycles. The van der Waals surface area contributed by atoms with Crippen LogP contribution in [-0.2, 0) is 0 Å². The Hall–Kier alpha value is -4.18. The van der Waals surface area contributed by atoms with Gasteiger partial charge in [0.2, 0.25) is 0 Å². The van der Waals surface area contributed by atoms with Gasteiger partial charge < -0.3 is 0 Å². The van der Waals surface area contributed by atoms with E-state index < -0.39 is 0 Å². The Morgan fingerprint density at radius 3 is 1.44 bits per heavy atom. The van der Waals surface area contributed by atoms with Crippen LogP contribution in [0.25, 0.3) is 0 Å². The summed E-state index contributed by atoms with van der Waals surface area (Å²) in [5.41, 5.74) is 14.9. The number of benzene rings is 4. The van der Waals surface area contributed by atoms with E-state index in [1.54, 1.807) is 0 Å². The number of anilines is 2. The topological polar surface area (TPSA) is 48.8 Å². The first kappa shape index (κ1) is 19.8. The van der Waals surface area contributed by atoms with Crippen LogP contribution in [0.1, 0.15) is 28.2 Å². The lowest BCUT2D eigenvalue weighted by atomic mass is 9.92. The lowest BCUT2D eigenvalue weighted by molar-refractivity contribution is 1.16. The van der Waals surface area contributed by atoms with Crippen molar-refractivity contribution in [2.75, 3.05) is 10.9 Å². The molecule has 0 aromatic heterocycles. The van der Waals surface area contributed by atoms with Crippen LogP contribution in [0.2, 0.25) is 0 Å². The number of hydrazone groups is 2. The van der Waals surface area contributed by atoms with Gasteiger partial charge in [-0.2, -0.15) is 10.2 Å². The van der Waals surface area contributed by atoms with E-state index in [4.69, 9.17) is 10.2 Å². The molecule has 0 radical (unpaired) electrons. The van der Waals surface area contributed by atoms with Gasteiger partial charge in [0.05, 0.1) is 28.7 Å². The van der Waals surface area contributed by atoms with Crippen LogP contribution in [0.5, 0.6) is 0 Å². The summed E-state index contributed by atoms with van der Waals surface area (Å²) < 4.78 is 0. The molecular weight excluding hydrogens is 392 g/mol. The monoisotopic (exact) mass is 416 g/mol. The third-order valence-corrected chi connectivity index (χ3v) is 5.60. The van der Waals surface area contributed by atoms with Crippen LogP contribution in [0, 0.1) is 6.92 Å². The number of para-hydroxylation sites is 2. The van der Waals surface area contributed by atoms with E-state index in [9.17, 15) is 0 Å². The maximum Gasteiger partial charge on any atom is 0.0821 e. The van der Waals surface area contributed by atoms with Gasteiger partial charge in [0.1, 0.15) is 0 Å². The van der Waals surface area contributed by atoms with Gasteiger partial charge in [-0.15, -0.1) is 0 Å². The molecular formula is C28H24N4. The summed E-state index contributed by atoms with van der Waals surface area (Å²) >= 11 is 0. The fraction of sp³-hybridized carbons (Fsp3) is 0.0714. The van der Waals surface area contributed by atoms with Crippen LogP contribution in [0.3, 0.4) is 0 Å². The van der Waals surface area contributed by atoms with Crippen LogP contribution in [-0.4, -0.2) is 11.4 Å². The number of fused-ring (bicyclic) bond motifs is 1. The van der Waals surface area contributed by atoms with Crippen molar-refractivity contribution >= 4 is 22.8 Å². The lowest BCUT2D eigenvalue weighted by Crippen LogP contribution is -2.17. The molecule has 4 aromatic carbocycles. The maximum atomic E-state index is 4.88. The Morgan fingerprint density at radius 2 is 0.969 bits per heavy atom. The fourth-order valence-electron chi connectivity index (χ4n) is 3.97. The Morgan fingerprint density at radius 1 is 0.531 bits per heavy atom. The van der Waals surface area contributed by atoms with E-state index in [0.717, 1.165) is 39.5 Å². The molecule has 0 aliphatic heterocycles. The molecule has 156 valence electrons. The van der Waals surface area contributed by atoms with Crippen molar-refractivity contribution in [2.24, 2.45) is 10.2 Å². The number of nitrogens with zero attached hydrogens (tertiary/aromatic N) is 2. The minimum atomic E-state index is -0.0829. The number of aryl methyl sites for hydroxylation is 1. The summed E-state index contributed by atoms with van der Waals surface area (Å²) in [6, 6.07) is 37.0. The van der Waals surface area contributed by atoms with E-state index in [1.165, 1.54) is 5.56 Å². The van der Waals surface area contributed by atoms with E-state index in [-0.39, 0.29) is 5.92 Å². The molecule has 0 unspecified atom stereocenters. The number of rotatable bonds is 5. The quantitative estimate of drug-likeness (QED) is 0.369. The zero-order valence-electron chi connectivity index (χ0n) is 17.9. The normalized spacial score (nSPS) is 17.3. The summed E-state index contributed by atoms with van der Waals surface area (Å²) in [5.74, 6) is -0.0829. The zero-order chi connectivity index (χ0) is 21.8. The summed E-state index contributed by atoms with van der Waals surface area (Å²) in [4.78, 5) is 0. The predicted octanol–water partition coefficient (Wildman–Crippen LogP) is 6.42. The second-order valence-electron chi connectivity index (χ2n) is 7.84. The highest BCUT2D eigenvalue weighted by Gasteiger charge is 2.36. The highest BCUT2D eigenvalue weighted by atomic mass is 15.3. The van der Waals surface area contributed by atoms with Gasteiger partial charge in [0, 0.05) is 11.1 Å². The van der Waals surface area contributed by atoms with Gasteiger partial charge in [-0.05, 0) is 36.8 Å². The second kappa shape index (κ2) is 8.90. The van der Waals surface area contributed by atoms with E-state index in [2.05, 4.69) is 66.3 Å². The third kappa shape index (κ3) is 4.03. The molecule has 2 N–H and O–H groups in total. The van der Waals surface area contributed by atoms with Crippen molar-refractivity contribution < 1.29 is 0 Å². The minimum Gasteiger partial charge on any atom is -0.278 e. The van der Waals surface area contributed by atoms with Gasteiger partial charge in [0.15, 0.2) is 0 Å². The first-order valence-electron chi connectivity index (χ1n) is 10.7. The van der Waals surface area contributed by atoms with Gasteiger partial charge in [-0.25, -0.2) is 0 Å². The standard InChI is InChI=1S/C28H24N4/c1-20-16-18-21(19-17-20)26-27(31-29-22-10-4-2-5-11-22)24-14-8-9-15-25(24)28(26)32-30-23-12-6-3-7-13-23/h2-19,26,29-30H,1H3/b31-27+,32-28+. The number of nitrogens with one attached hydrogen (secondary N) is 2. The van der Waals surface area contributed by atoms with Crippen LogP contribution in [0.4, 0.5) is 11.4 Å². The van der Waals surface area contributed by atoms with Crippen molar-refractivity contribution in [1.29, 1.82) is 0 Å². The first-order chi connectivity index (χ1) is 15.8. The number of hydrogen-bond acceptors (Lipinski definition) is 4. The van der Waals surface area contributed by atoms with E-state index >= 15 is 0 Å². The Bertz CT molecular complexity index is 1180. The minimum absolute atomic E-state index is 0.0829. The van der Waals surface area contributed by atoms with Gasteiger partial charge in [-0.3, -0.25) is 10.9 Å². The fourth-order valence-corrected chi connectivity index (χ4v) is 3.97. The van der Waals surface area contributed by atoms with Gasteiger partial charge in [0.25, 0.3) is 0 Å². The van der Waals surface area contributed by atoms with E-state index in [0.29, 0.717) is 0 Å². The SMILES string of the molecule is Cc1ccc(C2/C(=N/Nc3ccccc3)c3ccccc3/C2=N\Nc2ccccc2)cc1. The van der Waals surface area contributed by atoms with Crippen molar-refractivity contribution in [2.45, 2.75) is 12.8 Å².